The van der Waals surface area contributed by atoms with Gasteiger partial charge in [0.15, 0.2) is 0 Å². The van der Waals surface area contributed by atoms with E-state index >= 15 is 0 Å². The Morgan fingerprint density at radius 1 is 0.636 bits per heavy atom. The van der Waals surface area contributed by atoms with Gasteiger partial charge in [0.25, 0.3) is 0 Å². The van der Waals surface area contributed by atoms with Crippen molar-refractivity contribution in [2.75, 3.05) is 0 Å². The summed E-state index contributed by atoms with van der Waals surface area (Å²) in [6.07, 6.45) is 0. The van der Waals surface area contributed by atoms with Crippen LogP contribution in [0.25, 0.3) is 32.9 Å². The molecule has 0 bridgehead atoms. The fourth-order valence-corrected chi connectivity index (χ4v) is 3.00. The second-order valence-electron chi connectivity index (χ2n) is 5.89. The van der Waals surface area contributed by atoms with Crippen LogP contribution in [0, 0.1) is 13.8 Å². The zero-order valence-corrected chi connectivity index (χ0v) is 12.8. The first-order valence-electron chi connectivity index (χ1n) is 7.58. The first-order valence-corrected chi connectivity index (χ1v) is 7.58. The van der Waals surface area contributed by atoms with Gasteiger partial charge in [0, 0.05) is 16.3 Å². The lowest BCUT2D eigenvalue weighted by Crippen LogP contribution is -1.90. The molecule has 1 aromatic heterocycles. The Labute approximate surface area is 130 Å². The number of hydrogen-bond acceptors (Lipinski definition) is 1. The maximum atomic E-state index is 4.93. The average molecular weight is 283 g/mol. The number of pyridine rings is 1. The Bertz CT molecular complexity index is 982. The SMILES string of the molecule is Cc1ccc(-c2nc3ccccc3c3cc(C)ccc23)cc1. The molecular formula is C21H17N. The molecular weight excluding hydrogens is 266 g/mol. The van der Waals surface area contributed by atoms with Gasteiger partial charge in [-0.1, -0.05) is 71.8 Å². The molecule has 3 aromatic carbocycles. The minimum atomic E-state index is 1.05. The number of benzene rings is 3. The smallest absolute Gasteiger partial charge is 0.0788 e. The highest BCUT2D eigenvalue weighted by Crippen LogP contribution is 2.32. The predicted molar refractivity (Wildman–Crippen MR) is 94.2 cm³/mol. The van der Waals surface area contributed by atoms with Crippen molar-refractivity contribution in [3.05, 3.63) is 77.9 Å². The van der Waals surface area contributed by atoms with Gasteiger partial charge in [-0.3, -0.25) is 0 Å². The molecule has 0 amide bonds. The standard InChI is InChI=1S/C21H17N/c1-14-7-10-16(11-8-14)21-18-12-9-15(2)13-19(18)17-5-3-4-6-20(17)22-21/h3-13H,1-2H3. The van der Waals surface area contributed by atoms with E-state index in [9.17, 15) is 0 Å². The molecule has 4 rings (SSSR count). The van der Waals surface area contributed by atoms with E-state index in [0.717, 1.165) is 11.2 Å². The normalized spacial score (nSPS) is 11.2. The maximum absolute atomic E-state index is 4.93. The molecule has 0 N–H and O–H groups in total. The van der Waals surface area contributed by atoms with Gasteiger partial charge in [0.05, 0.1) is 11.2 Å². The second kappa shape index (κ2) is 4.96. The van der Waals surface area contributed by atoms with E-state index in [1.165, 1.54) is 32.8 Å². The van der Waals surface area contributed by atoms with Crippen molar-refractivity contribution >= 4 is 21.7 Å². The number of para-hydroxylation sites is 1. The molecule has 0 radical (unpaired) electrons. The first-order chi connectivity index (χ1) is 10.7. The molecule has 22 heavy (non-hydrogen) atoms. The third-order valence-corrected chi connectivity index (χ3v) is 4.18. The summed E-state index contributed by atoms with van der Waals surface area (Å²) in [7, 11) is 0. The number of nitrogens with zero attached hydrogens (tertiary/aromatic N) is 1. The number of aryl methyl sites for hydroxylation is 2. The highest BCUT2D eigenvalue weighted by atomic mass is 14.7. The first kappa shape index (κ1) is 13.0. The van der Waals surface area contributed by atoms with E-state index in [4.69, 9.17) is 4.98 Å². The second-order valence-corrected chi connectivity index (χ2v) is 5.89. The summed E-state index contributed by atoms with van der Waals surface area (Å²) >= 11 is 0. The van der Waals surface area contributed by atoms with Crippen molar-refractivity contribution in [1.29, 1.82) is 0 Å². The lowest BCUT2D eigenvalue weighted by molar-refractivity contribution is 1.40. The molecule has 0 unspecified atom stereocenters. The van der Waals surface area contributed by atoms with Crippen LogP contribution in [-0.4, -0.2) is 4.98 Å². The highest BCUT2D eigenvalue weighted by molar-refractivity contribution is 6.11. The van der Waals surface area contributed by atoms with Crippen LogP contribution in [0.1, 0.15) is 11.1 Å². The summed E-state index contributed by atoms with van der Waals surface area (Å²) in [4.78, 5) is 4.93. The Kier molecular flexibility index (Phi) is 2.93. The topological polar surface area (TPSA) is 12.9 Å². The van der Waals surface area contributed by atoms with Gasteiger partial charge in [-0.25, -0.2) is 4.98 Å². The summed E-state index contributed by atoms with van der Waals surface area (Å²) in [5, 5.41) is 3.71. The quantitative estimate of drug-likeness (QED) is 0.410. The van der Waals surface area contributed by atoms with Gasteiger partial charge in [-0.2, -0.15) is 0 Å². The largest absolute Gasteiger partial charge is 0.247 e. The minimum absolute atomic E-state index is 1.05. The zero-order valence-electron chi connectivity index (χ0n) is 12.8. The molecule has 1 heterocycles. The maximum Gasteiger partial charge on any atom is 0.0788 e. The molecule has 0 aliphatic carbocycles. The molecule has 106 valence electrons. The van der Waals surface area contributed by atoms with Crippen molar-refractivity contribution in [2.45, 2.75) is 13.8 Å². The minimum Gasteiger partial charge on any atom is -0.247 e. The lowest BCUT2D eigenvalue weighted by atomic mass is 9.98. The van der Waals surface area contributed by atoms with Crippen molar-refractivity contribution in [2.24, 2.45) is 0 Å². The fourth-order valence-electron chi connectivity index (χ4n) is 3.00. The number of fused-ring (bicyclic) bond motifs is 3. The van der Waals surface area contributed by atoms with Gasteiger partial charge in [0.2, 0.25) is 0 Å². The van der Waals surface area contributed by atoms with E-state index < -0.39 is 0 Å². The molecule has 0 saturated carbocycles. The summed E-state index contributed by atoms with van der Waals surface area (Å²) in [6.45, 7) is 4.25. The van der Waals surface area contributed by atoms with Crippen molar-refractivity contribution in [3.63, 3.8) is 0 Å². The Balaban J connectivity index is 2.14. The molecule has 1 heteroatoms. The predicted octanol–water partition coefficient (Wildman–Crippen LogP) is 5.67. The van der Waals surface area contributed by atoms with E-state index in [1.807, 2.05) is 0 Å². The number of aromatic nitrogens is 1. The molecule has 0 atom stereocenters. The van der Waals surface area contributed by atoms with Crippen LogP contribution >= 0.6 is 0 Å². The van der Waals surface area contributed by atoms with Gasteiger partial charge < -0.3 is 0 Å². The van der Waals surface area contributed by atoms with E-state index in [1.54, 1.807) is 0 Å². The highest BCUT2D eigenvalue weighted by Gasteiger charge is 2.10. The van der Waals surface area contributed by atoms with Crippen molar-refractivity contribution < 1.29 is 0 Å². The summed E-state index contributed by atoms with van der Waals surface area (Å²) in [5.41, 5.74) is 5.83. The van der Waals surface area contributed by atoms with Crippen LogP contribution in [0.2, 0.25) is 0 Å². The number of rotatable bonds is 1. The Morgan fingerprint density at radius 3 is 2.18 bits per heavy atom. The molecule has 0 aliphatic heterocycles. The zero-order chi connectivity index (χ0) is 15.1. The van der Waals surface area contributed by atoms with Crippen LogP contribution in [-0.2, 0) is 0 Å². The van der Waals surface area contributed by atoms with E-state index in [2.05, 4.69) is 80.6 Å². The Hall–Kier alpha value is -2.67. The third-order valence-electron chi connectivity index (χ3n) is 4.18. The Morgan fingerprint density at radius 2 is 1.36 bits per heavy atom. The van der Waals surface area contributed by atoms with Crippen LogP contribution in [0.3, 0.4) is 0 Å². The van der Waals surface area contributed by atoms with Crippen LogP contribution in [0.4, 0.5) is 0 Å². The molecule has 0 fully saturated rings. The van der Waals surface area contributed by atoms with Crippen LogP contribution < -0.4 is 0 Å². The van der Waals surface area contributed by atoms with E-state index in [-0.39, 0.29) is 0 Å². The summed E-state index contributed by atoms with van der Waals surface area (Å²) in [6, 6.07) is 23.6. The van der Waals surface area contributed by atoms with Crippen molar-refractivity contribution in [1.82, 2.24) is 4.98 Å². The molecule has 0 saturated heterocycles. The molecule has 1 nitrogen and oxygen atoms in total. The van der Waals surface area contributed by atoms with Gasteiger partial charge >= 0.3 is 0 Å². The molecule has 0 aliphatic rings. The van der Waals surface area contributed by atoms with Gasteiger partial charge in [-0.05, 0) is 25.3 Å². The van der Waals surface area contributed by atoms with Gasteiger partial charge in [0.1, 0.15) is 0 Å². The third kappa shape index (κ3) is 2.06. The summed E-state index contributed by atoms with van der Waals surface area (Å²) < 4.78 is 0. The molecule has 4 aromatic rings. The molecule has 0 spiro atoms. The van der Waals surface area contributed by atoms with Crippen LogP contribution in [0.5, 0.6) is 0 Å². The van der Waals surface area contributed by atoms with Crippen LogP contribution in [0.15, 0.2) is 66.7 Å². The van der Waals surface area contributed by atoms with E-state index in [0.29, 0.717) is 0 Å². The van der Waals surface area contributed by atoms with Crippen molar-refractivity contribution in [3.8, 4) is 11.3 Å². The average Bonchev–Trinajstić information content (AvgIpc) is 2.55. The lowest BCUT2D eigenvalue weighted by Gasteiger charge is -2.11. The summed E-state index contributed by atoms with van der Waals surface area (Å²) in [5.74, 6) is 0. The fraction of sp³-hybridized carbons (Fsp3) is 0.0952. The monoisotopic (exact) mass is 283 g/mol. The number of hydrogen-bond donors (Lipinski definition) is 0. The van der Waals surface area contributed by atoms with Gasteiger partial charge in [-0.15, -0.1) is 0 Å².